The van der Waals surface area contributed by atoms with E-state index >= 15 is 0 Å². The van der Waals surface area contributed by atoms with Crippen LogP contribution >= 0.6 is 0 Å². The van der Waals surface area contributed by atoms with Gasteiger partial charge in [0.25, 0.3) is 0 Å². The van der Waals surface area contributed by atoms with E-state index < -0.39 is 0 Å². The molecule has 0 aliphatic carbocycles. The third kappa shape index (κ3) is 4.26. The second kappa shape index (κ2) is 8.15. The number of likely N-dealkylation sites (N-methyl/N-ethyl adjacent to an activating group) is 2. The summed E-state index contributed by atoms with van der Waals surface area (Å²) in [6.07, 6.45) is 1.06. The topological polar surface area (TPSA) is 53.1 Å². The van der Waals surface area contributed by atoms with Crippen molar-refractivity contribution in [3.05, 3.63) is 29.8 Å². The van der Waals surface area contributed by atoms with Crippen LogP contribution < -0.4 is 4.74 Å². The first-order chi connectivity index (χ1) is 11.4. The van der Waals surface area contributed by atoms with Gasteiger partial charge in [0.15, 0.2) is 0 Å². The molecule has 0 unspecified atom stereocenters. The van der Waals surface area contributed by atoms with Crippen molar-refractivity contribution in [3.8, 4) is 5.75 Å². The summed E-state index contributed by atoms with van der Waals surface area (Å²) in [5.74, 6) is 0.939. The Morgan fingerprint density at radius 3 is 2.62 bits per heavy atom. The first kappa shape index (κ1) is 18.3. The molecule has 1 atom stereocenters. The van der Waals surface area contributed by atoms with Crippen LogP contribution in [-0.2, 0) is 16.0 Å². The number of methoxy groups -OCH3 is 1. The maximum absolute atomic E-state index is 12.6. The van der Waals surface area contributed by atoms with Crippen LogP contribution in [0.1, 0.15) is 12.0 Å². The van der Waals surface area contributed by atoms with Crippen molar-refractivity contribution >= 4 is 11.8 Å². The fourth-order valence-corrected chi connectivity index (χ4v) is 2.97. The van der Waals surface area contributed by atoms with Gasteiger partial charge in [-0.1, -0.05) is 18.2 Å². The quantitative estimate of drug-likeness (QED) is 0.802. The largest absolute Gasteiger partial charge is 0.496 e. The van der Waals surface area contributed by atoms with Gasteiger partial charge in [-0.3, -0.25) is 14.5 Å². The summed E-state index contributed by atoms with van der Waals surface area (Å²) in [7, 11) is 7.07. The molecule has 2 amide bonds. The molecule has 0 bridgehead atoms. The zero-order valence-corrected chi connectivity index (χ0v) is 15.0. The molecule has 132 valence electrons. The number of para-hydroxylation sites is 1. The number of piperazine rings is 1. The van der Waals surface area contributed by atoms with E-state index in [0.717, 1.165) is 11.3 Å². The van der Waals surface area contributed by atoms with Crippen LogP contribution in [0.5, 0.6) is 5.75 Å². The Bertz CT molecular complexity index is 589. The van der Waals surface area contributed by atoms with E-state index in [2.05, 4.69) is 0 Å². The zero-order valence-electron chi connectivity index (χ0n) is 15.0. The van der Waals surface area contributed by atoms with Crippen LogP contribution in [0.25, 0.3) is 0 Å². The molecule has 1 fully saturated rings. The number of aryl methyl sites for hydroxylation is 1. The molecule has 0 spiro atoms. The van der Waals surface area contributed by atoms with Gasteiger partial charge < -0.3 is 14.5 Å². The summed E-state index contributed by atoms with van der Waals surface area (Å²) in [4.78, 5) is 30.2. The third-order valence-corrected chi connectivity index (χ3v) is 4.53. The Morgan fingerprint density at radius 1 is 1.25 bits per heavy atom. The van der Waals surface area contributed by atoms with Crippen LogP contribution in [-0.4, -0.2) is 80.4 Å². The predicted molar refractivity (Wildman–Crippen MR) is 93.0 cm³/mol. The molecule has 1 aliphatic rings. The number of nitrogens with zero attached hydrogens (tertiary/aromatic N) is 3. The molecule has 0 radical (unpaired) electrons. The monoisotopic (exact) mass is 333 g/mol. The molecular weight excluding hydrogens is 306 g/mol. The van der Waals surface area contributed by atoms with Gasteiger partial charge >= 0.3 is 0 Å². The van der Waals surface area contributed by atoms with Crippen LogP contribution in [0, 0.1) is 0 Å². The van der Waals surface area contributed by atoms with Crippen molar-refractivity contribution in [1.82, 2.24) is 14.7 Å². The van der Waals surface area contributed by atoms with E-state index in [1.54, 1.807) is 26.1 Å². The summed E-state index contributed by atoms with van der Waals surface area (Å²) >= 11 is 0. The summed E-state index contributed by atoms with van der Waals surface area (Å²) in [6, 6.07) is 7.49. The number of carbonyl (C=O) groups excluding carboxylic acids is 2. The number of hydrogen-bond donors (Lipinski definition) is 0. The van der Waals surface area contributed by atoms with Crippen molar-refractivity contribution in [2.75, 3.05) is 47.9 Å². The Labute approximate surface area is 144 Å². The minimum atomic E-state index is -0.260. The van der Waals surface area contributed by atoms with Gasteiger partial charge in [0.2, 0.25) is 11.8 Å². The van der Waals surface area contributed by atoms with Gasteiger partial charge in [0.1, 0.15) is 11.8 Å². The normalized spacial score (nSPS) is 18.3. The standard InChI is InChI=1S/C18H27N3O3/c1-19(2)18(23)15-13-21(12-11-20(15)3)17(22)10-9-14-7-5-6-8-16(14)24-4/h5-8,15H,9-13H2,1-4H3/t15-/m0/s1. The van der Waals surface area contributed by atoms with E-state index in [-0.39, 0.29) is 17.9 Å². The summed E-state index contributed by atoms with van der Waals surface area (Å²) < 4.78 is 5.33. The van der Waals surface area contributed by atoms with E-state index in [1.807, 2.05) is 41.1 Å². The molecule has 0 N–H and O–H groups in total. The Hall–Kier alpha value is -2.08. The molecule has 1 saturated heterocycles. The third-order valence-electron chi connectivity index (χ3n) is 4.53. The number of amides is 2. The molecule has 6 heteroatoms. The highest BCUT2D eigenvalue weighted by Crippen LogP contribution is 2.20. The van der Waals surface area contributed by atoms with Crippen LogP contribution in [0.4, 0.5) is 0 Å². The average Bonchev–Trinajstić information content (AvgIpc) is 2.59. The lowest BCUT2D eigenvalue weighted by Gasteiger charge is -2.39. The van der Waals surface area contributed by atoms with Crippen molar-refractivity contribution in [3.63, 3.8) is 0 Å². The summed E-state index contributed by atoms with van der Waals surface area (Å²) in [5, 5.41) is 0. The highest BCUT2D eigenvalue weighted by molar-refractivity contribution is 5.83. The molecule has 2 rings (SSSR count). The molecule has 6 nitrogen and oxygen atoms in total. The minimum absolute atomic E-state index is 0.0414. The van der Waals surface area contributed by atoms with Crippen molar-refractivity contribution in [2.45, 2.75) is 18.9 Å². The smallest absolute Gasteiger partial charge is 0.241 e. The minimum Gasteiger partial charge on any atom is -0.496 e. The second-order valence-electron chi connectivity index (χ2n) is 6.38. The molecule has 0 aromatic heterocycles. The molecule has 1 heterocycles. The maximum Gasteiger partial charge on any atom is 0.241 e. The van der Waals surface area contributed by atoms with Gasteiger partial charge in [0.05, 0.1) is 7.11 Å². The lowest BCUT2D eigenvalue weighted by molar-refractivity contribution is -0.141. The summed E-state index contributed by atoms with van der Waals surface area (Å²) in [6.45, 7) is 1.83. The van der Waals surface area contributed by atoms with Gasteiger partial charge in [-0.15, -0.1) is 0 Å². The van der Waals surface area contributed by atoms with Crippen LogP contribution in [0.3, 0.4) is 0 Å². The SMILES string of the molecule is COc1ccccc1CCC(=O)N1CCN(C)[C@H](C(=O)N(C)C)C1. The van der Waals surface area contributed by atoms with E-state index in [1.165, 1.54) is 0 Å². The molecular formula is C18H27N3O3. The Morgan fingerprint density at radius 2 is 1.96 bits per heavy atom. The second-order valence-corrected chi connectivity index (χ2v) is 6.38. The molecule has 1 aromatic rings. The molecule has 24 heavy (non-hydrogen) atoms. The Kier molecular flexibility index (Phi) is 6.20. The van der Waals surface area contributed by atoms with E-state index in [9.17, 15) is 9.59 Å². The van der Waals surface area contributed by atoms with Crippen LogP contribution in [0.2, 0.25) is 0 Å². The number of ether oxygens (including phenoxy) is 1. The van der Waals surface area contributed by atoms with Gasteiger partial charge in [0, 0.05) is 40.2 Å². The Balaban J connectivity index is 1.96. The number of hydrogen-bond acceptors (Lipinski definition) is 4. The molecule has 1 aliphatic heterocycles. The fraction of sp³-hybridized carbons (Fsp3) is 0.556. The maximum atomic E-state index is 12.6. The van der Waals surface area contributed by atoms with Gasteiger partial charge in [-0.2, -0.15) is 0 Å². The predicted octanol–water partition coefficient (Wildman–Crippen LogP) is 0.859. The van der Waals surface area contributed by atoms with Crippen LogP contribution in [0.15, 0.2) is 24.3 Å². The molecule has 1 aromatic carbocycles. The number of carbonyl (C=O) groups is 2. The first-order valence-electron chi connectivity index (χ1n) is 8.25. The van der Waals surface area contributed by atoms with E-state index in [0.29, 0.717) is 32.5 Å². The van der Waals surface area contributed by atoms with E-state index in [4.69, 9.17) is 4.74 Å². The van der Waals surface area contributed by atoms with Gasteiger partial charge in [-0.25, -0.2) is 0 Å². The molecule has 0 saturated carbocycles. The zero-order chi connectivity index (χ0) is 17.7. The number of rotatable bonds is 5. The summed E-state index contributed by atoms with van der Waals surface area (Å²) in [5.41, 5.74) is 1.03. The number of benzene rings is 1. The first-order valence-corrected chi connectivity index (χ1v) is 8.25. The highest BCUT2D eigenvalue weighted by atomic mass is 16.5. The van der Waals surface area contributed by atoms with Crippen molar-refractivity contribution in [2.24, 2.45) is 0 Å². The fourth-order valence-electron chi connectivity index (χ4n) is 2.97. The highest BCUT2D eigenvalue weighted by Gasteiger charge is 2.32. The van der Waals surface area contributed by atoms with Crippen molar-refractivity contribution < 1.29 is 14.3 Å². The van der Waals surface area contributed by atoms with Crippen molar-refractivity contribution in [1.29, 1.82) is 0 Å². The lowest BCUT2D eigenvalue weighted by Crippen LogP contribution is -2.58. The van der Waals surface area contributed by atoms with Gasteiger partial charge in [-0.05, 0) is 25.1 Å². The lowest BCUT2D eigenvalue weighted by atomic mass is 10.1. The average molecular weight is 333 g/mol.